The van der Waals surface area contributed by atoms with Gasteiger partial charge in [0.15, 0.2) is 0 Å². The van der Waals surface area contributed by atoms with Gasteiger partial charge in [-0.3, -0.25) is 4.79 Å². The molecule has 0 spiro atoms. The Balaban J connectivity index is 2.57. The molecule has 5 heteroatoms. The van der Waals surface area contributed by atoms with Crippen molar-refractivity contribution in [2.24, 2.45) is 0 Å². The Morgan fingerprint density at radius 2 is 2.00 bits per heavy atom. The Kier molecular flexibility index (Phi) is 3.95. The molecule has 1 aliphatic rings. The zero-order valence-electron chi connectivity index (χ0n) is 11.4. The molecule has 1 aromatic carbocycles. The lowest BCUT2D eigenvalue weighted by Crippen LogP contribution is -2.19. The number of carbonyl (C=O) groups is 2. The number of benzene rings is 1. The van der Waals surface area contributed by atoms with Crippen LogP contribution < -0.4 is 0 Å². The molecular weight excluding hydrogens is 278 g/mol. The minimum Gasteiger partial charge on any atom is -0.465 e. The van der Waals surface area contributed by atoms with Crippen molar-refractivity contribution >= 4 is 29.6 Å². The maximum atomic E-state index is 12.2. The molecule has 1 heterocycles. The van der Waals surface area contributed by atoms with E-state index in [2.05, 4.69) is 0 Å². The minimum atomic E-state index is -0.529. The van der Waals surface area contributed by atoms with Crippen LogP contribution in [-0.2, 0) is 14.3 Å². The summed E-state index contributed by atoms with van der Waals surface area (Å²) in [6.07, 6.45) is 1.62. The average Bonchev–Trinajstić information content (AvgIpc) is 2.65. The average molecular weight is 292 g/mol. The topological polar surface area (TPSA) is 46.6 Å². The lowest BCUT2D eigenvalue weighted by molar-refractivity contribution is -0.136. The van der Waals surface area contributed by atoms with E-state index in [9.17, 15) is 9.59 Å². The van der Waals surface area contributed by atoms with Crippen LogP contribution in [0.2, 0.25) is 5.02 Å². The zero-order chi connectivity index (χ0) is 14.9. The SMILES string of the molecule is COC(=O)C1=C(C)N(C)C(=O)/C1=C/c1ccccc1Cl. The first-order chi connectivity index (χ1) is 9.47. The summed E-state index contributed by atoms with van der Waals surface area (Å²) in [6, 6.07) is 7.13. The third kappa shape index (κ3) is 2.34. The predicted octanol–water partition coefficient (Wildman–Crippen LogP) is 2.64. The van der Waals surface area contributed by atoms with Crippen LogP contribution in [0.1, 0.15) is 12.5 Å². The van der Waals surface area contributed by atoms with Crippen LogP contribution in [0.3, 0.4) is 0 Å². The van der Waals surface area contributed by atoms with Crippen LogP contribution in [-0.4, -0.2) is 30.9 Å². The number of halogens is 1. The molecule has 0 aliphatic carbocycles. The molecular formula is C15H14ClNO3. The molecule has 4 nitrogen and oxygen atoms in total. The minimum absolute atomic E-state index is 0.247. The van der Waals surface area contributed by atoms with Crippen molar-refractivity contribution in [3.63, 3.8) is 0 Å². The van der Waals surface area contributed by atoms with Crippen molar-refractivity contribution < 1.29 is 14.3 Å². The fourth-order valence-electron chi connectivity index (χ4n) is 2.04. The summed E-state index contributed by atoms with van der Waals surface area (Å²) in [7, 11) is 2.91. The van der Waals surface area contributed by atoms with Gasteiger partial charge in [0.25, 0.3) is 5.91 Å². The van der Waals surface area contributed by atoms with E-state index >= 15 is 0 Å². The summed E-state index contributed by atoms with van der Waals surface area (Å²) in [5.74, 6) is -0.777. The van der Waals surface area contributed by atoms with Gasteiger partial charge in [0, 0.05) is 17.8 Å². The van der Waals surface area contributed by atoms with Crippen LogP contribution >= 0.6 is 11.6 Å². The maximum absolute atomic E-state index is 12.2. The zero-order valence-corrected chi connectivity index (χ0v) is 12.2. The first-order valence-corrected chi connectivity index (χ1v) is 6.39. The predicted molar refractivity (Wildman–Crippen MR) is 76.9 cm³/mol. The molecule has 0 fully saturated rings. The van der Waals surface area contributed by atoms with Crippen molar-refractivity contribution in [3.8, 4) is 0 Å². The summed E-state index contributed by atoms with van der Waals surface area (Å²) in [6.45, 7) is 1.71. The number of carbonyl (C=O) groups excluding carboxylic acids is 2. The number of allylic oxidation sites excluding steroid dienone is 1. The van der Waals surface area contributed by atoms with E-state index in [4.69, 9.17) is 16.3 Å². The van der Waals surface area contributed by atoms with Crippen molar-refractivity contribution in [1.29, 1.82) is 0 Å². The molecule has 1 aromatic rings. The molecule has 1 aliphatic heterocycles. The third-order valence-electron chi connectivity index (χ3n) is 3.26. The Morgan fingerprint density at radius 1 is 1.35 bits per heavy atom. The van der Waals surface area contributed by atoms with Gasteiger partial charge >= 0.3 is 5.97 Å². The number of hydrogen-bond donors (Lipinski definition) is 0. The van der Waals surface area contributed by atoms with Gasteiger partial charge in [-0.1, -0.05) is 29.8 Å². The van der Waals surface area contributed by atoms with Gasteiger partial charge in [0.05, 0.1) is 18.3 Å². The van der Waals surface area contributed by atoms with E-state index in [-0.39, 0.29) is 11.5 Å². The molecule has 0 saturated carbocycles. The van der Waals surface area contributed by atoms with Crippen molar-refractivity contribution in [2.45, 2.75) is 6.92 Å². The standard InChI is InChI=1S/C15H14ClNO3/c1-9-13(15(19)20-3)11(14(18)17(9)2)8-10-6-4-5-7-12(10)16/h4-8H,1-3H3/b11-8+. The van der Waals surface area contributed by atoms with Gasteiger partial charge in [0.2, 0.25) is 0 Å². The van der Waals surface area contributed by atoms with Gasteiger partial charge in [-0.2, -0.15) is 0 Å². The highest BCUT2D eigenvalue weighted by Gasteiger charge is 2.34. The second-order valence-electron chi connectivity index (χ2n) is 4.40. The Morgan fingerprint density at radius 3 is 2.60 bits per heavy atom. The molecule has 0 bridgehead atoms. The normalized spacial score (nSPS) is 17.1. The fraction of sp³-hybridized carbons (Fsp3) is 0.200. The Hall–Kier alpha value is -2.07. The Labute approximate surface area is 122 Å². The van der Waals surface area contributed by atoms with Crippen LogP contribution in [0.5, 0.6) is 0 Å². The third-order valence-corrected chi connectivity index (χ3v) is 3.61. The summed E-state index contributed by atoms with van der Waals surface area (Å²) in [5.41, 5.74) is 1.83. The van der Waals surface area contributed by atoms with E-state index in [0.29, 0.717) is 21.9 Å². The fourth-order valence-corrected chi connectivity index (χ4v) is 2.23. The molecule has 2 rings (SSSR count). The number of amides is 1. The van der Waals surface area contributed by atoms with E-state index in [1.165, 1.54) is 12.0 Å². The molecule has 0 aromatic heterocycles. The Bertz CT molecular complexity index is 646. The number of rotatable bonds is 2. The number of hydrogen-bond acceptors (Lipinski definition) is 3. The second kappa shape index (κ2) is 5.51. The quantitative estimate of drug-likeness (QED) is 0.622. The van der Waals surface area contributed by atoms with Gasteiger partial charge in [-0.15, -0.1) is 0 Å². The second-order valence-corrected chi connectivity index (χ2v) is 4.80. The van der Waals surface area contributed by atoms with Crippen molar-refractivity contribution in [1.82, 2.24) is 4.90 Å². The van der Waals surface area contributed by atoms with Gasteiger partial charge in [-0.05, 0) is 24.6 Å². The lowest BCUT2D eigenvalue weighted by Gasteiger charge is -2.08. The summed E-state index contributed by atoms with van der Waals surface area (Å²) < 4.78 is 4.75. The molecule has 0 N–H and O–H groups in total. The molecule has 0 saturated heterocycles. The van der Waals surface area contributed by atoms with Crippen LogP contribution in [0.4, 0.5) is 0 Å². The molecule has 0 unspecified atom stereocenters. The smallest absolute Gasteiger partial charge is 0.340 e. The molecule has 104 valence electrons. The summed E-state index contributed by atoms with van der Waals surface area (Å²) >= 11 is 6.08. The summed E-state index contributed by atoms with van der Waals surface area (Å²) in [4.78, 5) is 25.5. The van der Waals surface area contributed by atoms with Crippen molar-refractivity contribution in [3.05, 3.63) is 51.7 Å². The van der Waals surface area contributed by atoms with Crippen LogP contribution in [0.15, 0.2) is 41.1 Å². The first kappa shape index (κ1) is 14.3. The van der Waals surface area contributed by atoms with E-state index in [0.717, 1.165) is 0 Å². The summed E-state index contributed by atoms with van der Waals surface area (Å²) in [5, 5.41) is 0.518. The van der Waals surface area contributed by atoms with E-state index < -0.39 is 5.97 Å². The van der Waals surface area contributed by atoms with Gasteiger partial charge in [-0.25, -0.2) is 4.79 Å². The molecule has 1 amide bonds. The number of methoxy groups -OCH3 is 1. The lowest BCUT2D eigenvalue weighted by atomic mass is 10.0. The number of likely N-dealkylation sites (N-methyl/N-ethyl adjacent to an activating group) is 1. The first-order valence-electron chi connectivity index (χ1n) is 6.01. The number of esters is 1. The molecule has 0 atom stereocenters. The van der Waals surface area contributed by atoms with E-state index in [1.54, 1.807) is 38.2 Å². The van der Waals surface area contributed by atoms with E-state index in [1.807, 2.05) is 6.07 Å². The monoisotopic (exact) mass is 291 g/mol. The largest absolute Gasteiger partial charge is 0.465 e. The molecule has 20 heavy (non-hydrogen) atoms. The van der Waals surface area contributed by atoms with Crippen molar-refractivity contribution in [2.75, 3.05) is 14.2 Å². The van der Waals surface area contributed by atoms with Crippen LogP contribution in [0.25, 0.3) is 6.08 Å². The highest BCUT2D eigenvalue weighted by molar-refractivity contribution is 6.32. The van der Waals surface area contributed by atoms with Gasteiger partial charge in [0.1, 0.15) is 0 Å². The number of ether oxygens (including phenoxy) is 1. The highest BCUT2D eigenvalue weighted by atomic mass is 35.5. The number of nitrogens with zero attached hydrogens (tertiary/aromatic N) is 1. The maximum Gasteiger partial charge on any atom is 0.340 e. The molecule has 0 radical (unpaired) electrons. The highest BCUT2D eigenvalue weighted by Crippen LogP contribution is 2.31. The van der Waals surface area contributed by atoms with Crippen LogP contribution in [0, 0.1) is 0 Å². The van der Waals surface area contributed by atoms with Gasteiger partial charge < -0.3 is 9.64 Å².